The number of benzene rings is 1. The largest absolute Gasteiger partial charge is 0.342 e. The number of amides is 2. The molecule has 2 saturated carbocycles. The Morgan fingerprint density at radius 3 is 2.80 bits per heavy atom. The highest BCUT2D eigenvalue weighted by Gasteiger charge is 2.60. The second-order valence-electron chi connectivity index (χ2n) is 11.0. The summed E-state index contributed by atoms with van der Waals surface area (Å²) in [7, 11) is 0. The Balaban J connectivity index is 1.12. The van der Waals surface area contributed by atoms with Gasteiger partial charge < -0.3 is 9.80 Å². The molecule has 35 heavy (non-hydrogen) atoms. The van der Waals surface area contributed by atoms with Gasteiger partial charge in [0.05, 0.1) is 0 Å². The van der Waals surface area contributed by atoms with Crippen LogP contribution in [0.25, 0.3) is 15.7 Å². The molecule has 182 valence electrons. The lowest BCUT2D eigenvalue weighted by Gasteiger charge is -2.30. The maximum atomic E-state index is 15.6. The predicted octanol–water partition coefficient (Wildman–Crippen LogP) is 4.85. The van der Waals surface area contributed by atoms with Crippen LogP contribution in [0.15, 0.2) is 47.1 Å². The molecule has 0 bridgehead atoms. The van der Waals surface area contributed by atoms with Gasteiger partial charge in [-0.3, -0.25) is 14.9 Å². The maximum absolute atomic E-state index is 15.6. The Kier molecular flexibility index (Phi) is 4.97. The van der Waals surface area contributed by atoms with Crippen LogP contribution in [-0.2, 0) is 9.59 Å². The van der Waals surface area contributed by atoms with Crippen LogP contribution in [0.5, 0.6) is 0 Å². The van der Waals surface area contributed by atoms with Gasteiger partial charge in [0.15, 0.2) is 0 Å². The molecular weight excluding hydrogens is 461 g/mol. The molecule has 7 heteroatoms. The zero-order valence-corrected chi connectivity index (χ0v) is 20.6. The molecule has 1 N–H and O–H groups in total. The summed E-state index contributed by atoms with van der Waals surface area (Å²) in [5.74, 6) is 0.687. The quantitative estimate of drug-likeness (QED) is 0.651. The van der Waals surface area contributed by atoms with Crippen molar-refractivity contribution in [2.24, 2.45) is 11.8 Å². The molecule has 1 unspecified atom stereocenters. The molecule has 4 fully saturated rings. The van der Waals surface area contributed by atoms with Crippen molar-refractivity contribution < 1.29 is 14.0 Å². The third kappa shape index (κ3) is 3.75. The molecule has 2 aliphatic heterocycles. The van der Waals surface area contributed by atoms with E-state index in [0.717, 1.165) is 62.8 Å². The summed E-state index contributed by atoms with van der Waals surface area (Å²) >= 11 is 1.72. The monoisotopic (exact) mass is 491 g/mol. The fourth-order valence-electron chi connectivity index (χ4n) is 6.16. The third-order valence-corrected chi connectivity index (χ3v) is 9.45. The summed E-state index contributed by atoms with van der Waals surface area (Å²) in [6.07, 6.45) is 7.27. The molecule has 2 aromatic rings. The molecular formula is C28H30FN3O2S. The van der Waals surface area contributed by atoms with Gasteiger partial charge in [-0.25, -0.2) is 4.39 Å². The number of halogens is 1. The molecule has 2 amide bonds. The average Bonchev–Trinajstić information content (AvgIpc) is 3.74. The normalized spacial score (nSPS) is 27.9. The maximum Gasteiger partial charge on any atom is 0.244 e. The van der Waals surface area contributed by atoms with E-state index in [9.17, 15) is 9.59 Å². The smallest absolute Gasteiger partial charge is 0.244 e. The van der Waals surface area contributed by atoms with Crippen LogP contribution in [0.2, 0.25) is 0 Å². The fourth-order valence-corrected chi connectivity index (χ4v) is 6.93. The van der Waals surface area contributed by atoms with Crippen molar-refractivity contribution in [3.63, 3.8) is 0 Å². The zero-order chi connectivity index (χ0) is 23.7. The summed E-state index contributed by atoms with van der Waals surface area (Å²) in [6, 6.07) is 8.45. The molecule has 1 aromatic carbocycles. The van der Waals surface area contributed by atoms with E-state index in [1.165, 1.54) is 10.1 Å². The Labute approximate surface area is 208 Å². The lowest BCUT2D eigenvalue weighted by molar-refractivity contribution is -0.131. The Hall–Kier alpha value is -2.51. The van der Waals surface area contributed by atoms with E-state index in [1.807, 2.05) is 9.80 Å². The molecule has 7 rings (SSSR count). The number of likely N-dealkylation sites (tertiary alicyclic amines) is 1. The highest BCUT2D eigenvalue weighted by molar-refractivity contribution is 7.17. The molecule has 1 aromatic heterocycles. The molecule has 3 heterocycles. The molecule has 2 atom stereocenters. The standard InChI is InChI=1S/C28H30FN3O2S/c29-23-14-20(19-4-6-24-21(13-19)8-12-35-24)3-5-22(23)25-30-28(9-10-28)27(34)32(25)16-17-7-11-31(15-17)26(33)18-1-2-18/h4,6,8,12-14,17-18,25,30H,1-3,5,7,9-11,15-16H2/t17-,25?/m1/s1. The third-order valence-electron chi connectivity index (χ3n) is 8.55. The van der Waals surface area contributed by atoms with Crippen molar-refractivity contribution in [3.05, 3.63) is 52.7 Å². The van der Waals surface area contributed by atoms with E-state index in [2.05, 4.69) is 35.0 Å². The van der Waals surface area contributed by atoms with Crippen molar-refractivity contribution in [1.29, 1.82) is 0 Å². The van der Waals surface area contributed by atoms with E-state index in [4.69, 9.17) is 0 Å². The SMILES string of the molecule is O=C(C1CC1)N1CC[C@@H](CN2C(=O)C3(CC3)NC2C2=C(F)C=C(c3ccc4sccc4c3)CC2)C1. The van der Waals surface area contributed by atoms with Crippen molar-refractivity contribution in [2.75, 3.05) is 19.6 Å². The van der Waals surface area contributed by atoms with E-state index < -0.39 is 5.54 Å². The van der Waals surface area contributed by atoms with Crippen LogP contribution in [0, 0.1) is 11.8 Å². The number of hydrogen-bond donors (Lipinski definition) is 1. The number of rotatable bonds is 5. The Morgan fingerprint density at radius 1 is 1.17 bits per heavy atom. The summed E-state index contributed by atoms with van der Waals surface area (Å²) in [5.41, 5.74) is 2.30. The number of nitrogens with zero attached hydrogens (tertiary/aromatic N) is 2. The first-order valence-electron chi connectivity index (χ1n) is 13.0. The Bertz CT molecular complexity index is 1290. The zero-order valence-electron chi connectivity index (χ0n) is 19.8. The number of hydrogen-bond acceptors (Lipinski definition) is 4. The first kappa shape index (κ1) is 21.7. The minimum absolute atomic E-state index is 0.118. The second-order valence-corrected chi connectivity index (χ2v) is 12.0. The lowest BCUT2D eigenvalue weighted by atomic mass is 9.90. The van der Waals surface area contributed by atoms with Gasteiger partial charge in [0.2, 0.25) is 11.8 Å². The number of thiophene rings is 1. The lowest BCUT2D eigenvalue weighted by Crippen LogP contribution is -2.43. The minimum Gasteiger partial charge on any atom is -0.342 e. The number of allylic oxidation sites excluding steroid dienone is 3. The summed E-state index contributed by atoms with van der Waals surface area (Å²) in [6.45, 7) is 2.09. The van der Waals surface area contributed by atoms with Crippen LogP contribution in [0.1, 0.15) is 50.5 Å². The van der Waals surface area contributed by atoms with E-state index in [0.29, 0.717) is 18.5 Å². The van der Waals surface area contributed by atoms with Gasteiger partial charge >= 0.3 is 0 Å². The van der Waals surface area contributed by atoms with Crippen LogP contribution in [0.3, 0.4) is 0 Å². The number of carbonyl (C=O) groups excluding carboxylic acids is 2. The van der Waals surface area contributed by atoms with Gasteiger partial charge in [-0.05, 0) is 97.0 Å². The summed E-state index contributed by atoms with van der Waals surface area (Å²) in [5, 5.41) is 6.80. The van der Waals surface area contributed by atoms with Crippen molar-refractivity contribution >= 4 is 38.8 Å². The van der Waals surface area contributed by atoms with E-state index >= 15 is 4.39 Å². The van der Waals surface area contributed by atoms with Gasteiger partial charge in [0.25, 0.3) is 0 Å². The summed E-state index contributed by atoms with van der Waals surface area (Å²) < 4.78 is 16.9. The minimum atomic E-state index is -0.492. The molecule has 3 aliphatic carbocycles. The summed E-state index contributed by atoms with van der Waals surface area (Å²) in [4.78, 5) is 29.8. The first-order chi connectivity index (χ1) is 17.0. The average molecular weight is 492 g/mol. The molecule has 5 nitrogen and oxygen atoms in total. The van der Waals surface area contributed by atoms with Gasteiger partial charge in [0.1, 0.15) is 17.5 Å². The number of fused-ring (bicyclic) bond motifs is 1. The first-order valence-corrected chi connectivity index (χ1v) is 13.8. The predicted molar refractivity (Wildman–Crippen MR) is 135 cm³/mol. The van der Waals surface area contributed by atoms with E-state index in [1.54, 1.807) is 17.4 Å². The Morgan fingerprint density at radius 2 is 2.03 bits per heavy atom. The van der Waals surface area contributed by atoms with Crippen LogP contribution >= 0.6 is 11.3 Å². The van der Waals surface area contributed by atoms with E-state index in [-0.39, 0.29) is 35.6 Å². The van der Waals surface area contributed by atoms with Gasteiger partial charge in [-0.15, -0.1) is 11.3 Å². The van der Waals surface area contributed by atoms with Crippen molar-refractivity contribution in [2.45, 2.75) is 56.7 Å². The number of carbonyl (C=O) groups is 2. The van der Waals surface area contributed by atoms with Gasteiger partial charge in [-0.1, -0.05) is 6.07 Å². The fraction of sp³-hybridized carbons (Fsp3) is 0.500. The van der Waals surface area contributed by atoms with Crippen LogP contribution in [0.4, 0.5) is 4.39 Å². The number of nitrogens with one attached hydrogen (secondary N) is 1. The molecule has 2 saturated heterocycles. The van der Waals surface area contributed by atoms with Crippen LogP contribution < -0.4 is 5.32 Å². The highest BCUT2D eigenvalue weighted by Crippen LogP contribution is 2.46. The topological polar surface area (TPSA) is 52.7 Å². The van der Waals surface area contributed by atoms with Gasteiger partial charge in [0, 0.05) is 35.8 Å². The van der Waals surface area contributed by atoms with Crippen molar-refractivity contribution in [1.82, 2.24) is 15.1 Å². The highest BCUT2D eigenvalue weighted by atomic mass is 32.1. The van der Waals surface area contributed by atoms with Crippen LogP contribution in [-0.4, -0.2) is 53.0 Å². The molecule has 1 spiro atoms. The molecule has 0 radical (unpaired) electrons. The second kappa shape index (κ2) is 8.00. The molecule has 5 aliphatic rings. The van der Waals surface area contributed by atoms with Gasteiger partial charge in [-0.2, -0.15) is 0 Å². The van der Waals surface area contributed by atoms with Crippen molar-refractivity contribution in [3.8, 4) is 0 Å².